The number of ether oxygens (including phenoxy) is 2. The third kappa shape index (κ3) is 5.92. The summed E-state index contributed by atoms with van der Waals surface area (Å²) in [4.78, 5) is 26.5. The molecule has 0 N–H and O–H groups in total. The van der Waals surface area contributed by atoms with Crippen LogP contribution in [0.4, 0.5) is 0 Å². The van der Waals surface area contributed by atoms with E-state index < -0.39 is 0 Å². The summed E-state index contributed by atoms with van der Waals surface area (Å²) in [5.74, 6) is 1.67. The van der Waals surface area contributed by atoms with Crippen molar-refractivity contribution >= 4 is 40.0 Å². The minimum absolute atomic E-state index is 0.0104. The molecular formula is C30H34Cl2N4O3. The first-order chi connectivity index (χ1) is 18.9. The van der Waals surface area contributed by atoms with Crippen LogP contribution in [0, 0.1) is 5.92 Å². The maximum absolute atomic E-state index is 12.6. The van der Waals surface area contributed by atoms with Gasteiger partial charge in [-0.25, -0.2) is 9.97 Å². The number of carbonyl (C=O) groups excluding carboxylic acids is 1. The topological polar surface area (TPSA) is 67.8 Å². The van der Waals surface area contributed by atoms with Crippen LogP contribution in [-0.4, -0.2) is 78.2 Å². The lowest BCUT2D eigenvalue weighted by Gasteiger charge is -2.32. The van der Waals surface area contributed by atoms with Crippen LogP contribution < -0.4 is 4.74 Å². The van der Waals surface area contributed by atoms with Crippen LogP contribution in [0.2, 0.25) is 10.0 Å². The van der Waals surface area contributed by atoms with Gasteiger partial charge in [0.15, 0.2) is 0 Å². The normalized spacial score (nSPS) is 19.9. The van der Waals surface area contributed by atoms with E-state index in [4.69, 9.17) is 42.6 Å². The summed E-state index contributed by atoms with van der Waals surface area (Å²) in [7, 11) is 1.61. The van der Waals surface area contributed by atoms with Gasteiger partial charge in [-0.15, -0.1) is 0 Å². The fourth-order valence-electron chi connectivity index (χ4n) is 5.71. The molecule has 9 heteroatoms. The molecule has 0 aliphatic carbocycles. The van der Waals surface area contributed by atoms with Crippen molar-refractivity contribution in [2.45, 2.75) is 32.2 Å². The molecule has 206 valence electrons. The lowest BCUT2D eigenvalue weighted by molar-refractivity contribution is -0.127. The molecule has 2 aliphatic heterocycles. The van der Waals surface area contributed by atoms with Gasteiger partial charge >= 0.3 is 0 Å². The number of aromatic nitrogens is 2. The molecule has 39 heavy (non-hydrogen) atoms. The molecular weight excluding hydrogens is 535 g/mol. The predicted octanol–water partition coefficient (Wildman–Crippen LogP) is 5.45. The zero-order valence-corrected chi connectivity index (χ0v) is 24.0. The highest BCUT2D eigenvalue weighted by Crippen LogP contribution is 2.43. The van der Waals surface area contributed by atoms with E-state index in [-0.39, 0.29) is 11.9 Å². The number of benzene rings is 2. The monoisotopic (exact) mass is 568 g/mol. The van der Waals surface area contributed by atoms with Gasteiger partial charge in [-0.3, -0.25) is 9.69 Å². The standard InChI is InChI=1S/C30H34Cl2N4O3/c1-4-20-15-25(38-3)30(32)28(29(20)31)21-6-7-24-22(14-21)16-33-26(34-24)13-19-12-23(36(17-19)27(37)5-2)18-35-8-10-39-11-9-35/h5-7,14-16,19,23H,2,4,8-13,17-18H2,1,3H3/t19-,23+/m1/s1. The van der Waals surface area contributed by atoms with Crippen molar-refractivity contribution in [2.24, 2.45) is 5.92 Å². The van der Waals surface area contributed by atoms with E-state index in [9.17, 15) is 4.79 Å². The van der Waals surface area contributed by atoms with Gasteiger partial charge in [0.1, 0.15) is 11.6 Å². The molecule has 1 aromatic heterocycles. The number of nitrogens with zero attached hydrogens (tertiary/aromatic N) is 4. The lowest BCUT2D eigenvalue weighted by atomic mass is 9.99. The summed E-state index contributed by atoms with van der Waals surface area (Å²) < 4.78 is 11.0. The fraction of sp³-hybridized carbons (Fsp3) is 0.433. The molecule has 2 aromatic carbocycles. The minimum Gasteiger partial charge on any atom is -0.495 e. The van der Waals surface area contributed by atoms with Crippen molar-refractivity contribution in [1.29, 1.82) is 0 Å². The number of methoxy groups -OCH3 is 1. The van der Waals surface area contributed by atoms with Crippen molar-refractivity contribution in [1.82, 2.24) is 19.8 Å². The van der Waals surface area contributed by atoms with Gasteiger partial charge < -0.3 is 14.4 Å². The second kappa shape index (κ2) is 12.2. The van der Waals surface area contributed by atoms with Crippen molar-refractivity contribution in [3.05, 3.63) is 64.6 Å². The molecule has 0 radical (unpaired) electrons. The van der Waals surface area contributed by atoms with Crippen molar-refractivity contribution in [2.75, 3.05) is 46.5 Å². The SMILES string of the molecule is C=CC(=O)N1C[C@@H](Cc2ncc3cc(-c4c(Cl)c(CC)cc(OC)c4Cl)ccc3n2)C[C@H]1CN1CCOCC1. The number of hydrogen-bond donors (Lipinski definition) is 0. The number of aryl methyl sites for hydroxylation is 1. The predicted molar refractivity (Wildman–Crippen MR) is 156 cm³/mol. The van der Waals surface area contributed by atoms with Gasteiger partial charge in [0.2, 0.25) is 5.91 Å². The highest BCUT2D eigenvalue weighted by atomic mass is 35.5. The molecule has 2 saturated heterocycles. The Morgan fingerprint density at radius 3 is 2.74 bits per heavy atom. The summed E-state index contributed by atoms with van der Waals surface area (Å²) in [6.45, 7) is 10.6. The van der Waals surface area contributed by atoms with E-state index >= 15 is 0 Å². The first kappa shape index (κ1) is 27.8. The van der Waals surface area contributed by atoms with Crippen molar-refractivity contribution in [3.63, 3.8) is 0 Å². The zero-order valence-electron chi connectivity index (χ0n) is 22.5. The second-order valence-corrected chi connectivity index (χ2v) is 11.0. The number of fused-ring (bicyclic) bond motifs is 1. The van der Waals surface area contributed by atoms with E-state index in [0.29, 0.717) is 34.7 Å². The van der Waals surface area contributed by atoms with Crippen molar-refractivity contribution in [3.8, 4) is 16.9 Å². The smallest absolute Gasteiger partial charge is 0.246 e. The van der Waals surface area contributed by atoms with E-state index in [2.05, 4.69) is 18.4 Å². The van der Waals surface area contributed by atoms with Crippen LogP contribution in [0.1, 0.15) is 24.7 Å². The Labute approximate surface area is 239 Å². The minimum atomic E-state index is -0.0104. The molecule has 7 nitrogen and oxygen atoms in total. The summed E-state index contributed by atoms with van der Waals surface area (Å²) in [6.07, 6.45) is 5.68. The first-order valence-corrected chi connectivity index (χ1v) is 14.2. The fourth-order valence-corrected chi connectivity index (χ4v) is 6.49. The molecule has 2 aliphatic rings. The maximum atomic E-state index is 12.6. The van der Waals surface area contributed by atoms with Crippen LogP contribution in [0.3, 0.4) is 0 Å². The lowest BCUT2D eigenvalue weighted by Crippen LogP contribution is -2.46. The number of amides is 1. The van der Waals surface area contributed by atoms with E-state index in [1.54, 1.807) is 7.11 Å². The summed E-state index contributed by atoms with van der Waals surface area (Å²) >= 11 is 13.4. The Morgan fingerprint density at radius 1 is 1.23 bits per heavy atom. The van der Waals surface area contributed by atoms with E-state index in [1.807, 2.05) is 35.4 Å². The molecule has 3 aromatic rings. The number of rotatable bonds is 8. The number of halogens is 2. The third-order valence-electron chi connectivity index (χ3n) is 7.76. The average Bonchev–Trinajstić information content (AvgIpc) is 3.35. The third-order valence-corrected chi connectivity index (χ3v) is 8.57. The average molecular weight is 570 g/mol. The molecule has 0 spiro atoms. The molecule has 0 unspecified atom stereocenters. The zero-order chi connectivity index (χ0) is 27.5. The van der Waals surface area contributed by atoms with Crippen LogP contribution >= 0.6 is 23.2 Å². The molecule has 2 fully saturated rings. The quantitative estimate of drug-likeness (QED) is 0.336. The molecule has 3 heterocycles. The van der Waals surface area contributed by atoms with Crippen LogP contribution in [-0.2, 0) is 22.4 Å². The van der Waals surface area contributed by atoms with Gasteiger partial charge in [-0.2, -0.15) is 0 Å². The Kier molecular flexibility index (Phi) is 8.72. The van der Waals surface area contributed by atoms with Gasteiger partial charge in [0, 0.05) is 55.8 Å². The highest BCUT2D eigenvalue weighted by molar-refractivity contribution is 6.40. The molecule has 0 saturated carbocycles. The van der Waals surface area contributed by atoms with Crippen LogP contribution in [0.25, 0.3) is 22.0 Å². The molecule has 5 rings (SSSR count). The van der Waals surface area contributed by atoms with E-state index in [0.717, 1.165) is 79.1 Å². The Morgan fingerprint density at radius 2 is 2.03 bits per heavy atom. The summed E-state index contributed by atoms with van der Waals surface area (Å²) in [5.41, 5.74) is 3.48. The number of carbonyl (C=O) groups is 1. The maximum Gasteiger partial charge on any atom is 0.246 e. The van der Waals surface area contributed by atoms with Crippen LogP contribution in [0.5, 0.6) is 5.75 Å². The van der Waals surface area contributed by atoms with Crippen molar-refractivity contribution < 1.29 is 14.3 Å². The largest absolute Gasteiger partial charge is 0.495 e. The number of hydrogen-bond acceptors (Lipinski definition) is 6. The van der Waals surface area contributed by atoms with Gasteiger partial charge in [-0.05, 0) is 54.2 Å². The van der Waals surface area contributed by atoms with Gasteiger partial charge in [0.05, 0.1) is 35.9 Å². The Bertz CT molecular complexity index is 1350. The summed E-state index contributed by atoms with van der Waals surface area (Å²) in [6, 6.07) is 8.04. The second-order valence-electron chi connectivity index (χ2n) is 10.2. The molecule has 2 atom stereocenters. The Hall–Kier alpha value is -2.71. The molecule has 0 bridgehead atoms. The summed E-state index contributed by atoms with van der Waals surface area (Å²) in [5, 5.41) is 2.03. The highest BCUT2D eigenvalue weighted by Gasteiger charge is 2.36. The van der Waals surface area contributed by atoms with Crippen LogP contribution in [0.15, 0.2) is 43.1 Å². The number of likely N-dealkylation sites (tertiary alicyclic amines) is 1. The Balaban J connectivity index is 1.35. The number of morpholine rings is 1. The molecule has 1 amide bonds. The van der Waals surface area contributed by atoms with Gasteiger partial charge in [0.25, 0.3) is 0 Å². The van der Waals surface area contributed by atoms with E-state index in [1.165, 1.54) is 6.08 Å². The van der Waals surface area contributed by atoms with Gasteiger partial charge in [-0.1, -0.05) is 42.8 Å². The first-order valence-electron chi connectivity index (χ1n) is 13.5.